The summed E-state index contributed by atoms with van der Waals surface area (Å²) in [6, 6.07) is 0. The largest absolute Gasteiger partial charge is 0.412 e. The summed E-state index contributed by atoms with van der Waals surface area (Å²) in [6.07, 6.45) is 2.59. The topological polar surface area (TPSA) is 63.6 Å². The highest BCUT2D eigenvalue weighted by Crippen LogP contribution is 2.37. The molecule has 2 aliphatic carbocycles. The van der Waals surface area contributed by atoms with E-state index in [2.05, 4.69) is 53.1 Å². The average molecular weight is 453 g/mol. The van der Waals surface area contributed by atoms with Crippen molar-refractivity contribution in [2.45, 2.75) is 111 Å². The molecule has 7 heteroatoms. The van der Waals surface area contributed by atoms with Crippen LogP contribution in [0, 0.1) is 11.8 Å². The number of Topliss-reactive ketones (excluding diaryl/α,β-unsaturated/α-hetero) is 2. The van der Waals surface area contributed by atoms with E-state index in [4.69, 9.17) is 15.5 Å². The number of carbonyl (C=O) groups is 2. The maximum Gasteiger partial charge on any atom is 0.184 e. The Bertz CT molecular complexity index is 492. The van der Waals surface area contributed by atoms with Crippen LogP contribution >= 0.6 is 11.1 Å². The van der Waals surface area contributed by atoms with E-state index in [9.17, 15) is 14.7 Å². The highest BCUT2D eigenvalue weighted by Gasteiger charge is 2.42. The molecule has 0 aromatic rings. The molecule has 168 valence electrons. The molecule has 2 fully saturated rings. The fourth-order valence-corrected chi connectivity index (χ4v) is 4.59. The van der Waals surface area contributed by atoms with Gasteiger partial charge in [0.25, 0.3) is 0 Å². The van der Waals surface area contributed by atoms with Crippen LogP contribution in [0.5, 0.6) is 0 Å². The molecule has 0 saturated heterocycles. The number of hydrogen-bond acceptors (Lipinski definition) is 4. The second kappa shape index (κ2) is 10.8. The predicted octanol–water partition coefficient (Wildman–Crippen LogP) is 6.03. The van der Waals surface area contributed by atoms with E-state index >= 15 is 0 Å². The molecule has 2 aliphatic rings. The number of halogens is 1. The fourth-order valence-electron chi connectivity index (χ4n) is 2.84. The van der Waals surface area contributed by atoms with E-state index in [0.717, 1.165) is 12.8 Å². The summed E-state index contributed by atoms with van der Waals surface area (Å²) in [5.74, 6) is 1.33. The lowest BCUT2D eigenvalue weighted by molar-refractivity contribution is -0.134. The molecule has 0 atom stereocenters. The first kappa shape index (κ1) is 30.2. The molecule has 2 saturated carbocycles. The van der Waals surface area contributed by atoms with Crippen LogP contribution in [0.25, 0.3) is 0 Å². The Labute approximate surface area is 180 Å². The molecular weight excluding hydrogens is 408 g/mol. The minimum Gasteiger partial charge on any atom is -0.412 e. The Kier molecular flexibility index (Phi) is 11.7. The normalized spacial score (nSPS) is 18.6. The minimum atomic E-state index is -1.47. The molecule has 0 radical (unpaired) electrons. The molecular formula is C21H45ClO4Si2. The predicted molar refractivity (Wildman–Crippen MR) is 126 cm³/mol. The molecule has 4 nitrogen and oxygen atoms in total. The number of aliphatic hydroxyl groups is 1. The van der Waals surface area contributed by atoms with E-state index in [1.54, 1.807) is 13.8 Å². The maximum atomic E-state index is 10.9. The van der Waals surface area contributed by atoms with Crippen molar-refractivity contribution in [1.29, 1.82) is 0 Å². The molecule has 1 N–H and O–H groups in total. The molecule has 0 spiro atoms. The van der Waals surface area contributed by atoms with Crippen molar-refractivity contribution in [1.82, 2.24) is 0 Å². The van der Waals surface area contributed by atoms with Crippen LogP contribution < -0.4 is 0 Å². The van der Waals surface area contributed by atoms with Crippen LogP contribution in [0.2, 0.25) is 39.3 Å². The third-order valence-electron chi connectivity index (χ3n) is 4.45. The molecule has 28 heavy (non-hydrogen) atoms. The molecule has 0 amide bonds. The van der Waals surface area contributed by atoms with E-state index < -0.39 is 21.3 Å². The number of hydrogen-bond donors (Lipinski definition) is 1. The van der Waals surface area contributed by atoms with Gasteiger partial charge in [0, 0.05) is 31.6 Å². The Morgan fingerprint density at radius 3 is 1.32 bits per heavy atom. The molecule has 0 aromatic heterocycles. The standard InChI is InChI=1S/C10H20O2Si.C7H12O2.C3H9ClSi.CH4/c1-10(2,12-13(3,4)5)8-6-9(11)7-8;1-7(2,9)5-3-6(8)4-5;1-5(2,3)4;/h8H,6-7H2,1-5H3;5,9H,3-4H2,1-2H3;1-3H3;1H4. The molecule has 0 heterocycles. The maximum absolute atomic E-state index is 10.9. The smallest absolute Gasteiger partial charge is 0.184 e. The summed E-state index contributed by atoms with van der Waals surface area (Å²) in [6.45, 7) is 20.6. The van der Waals surface area contributed by atoms with Crippen molar-refractivity contribution in [3.8, 4) is 0 Å². The molecule has 0 bridgehead atoms. The molecule has 0 unspecified atom stereocenters. The van der Waals surface area contributed by atoms with Gasteiger partial charge in [0.2, 0.25) is 0 Å². The second-order valence-corrected chi connectivity index (χ2v) is 22.8. The fraction of sp³-hybridized carbons (Fsp3) is 0.905. The van der Waals surface area contributed by atoms with E-state index in [0.29, 0.717) is 24.5 Å². The molecule has 0 aliphatic heterocycles. The zero-order valence-electron chi connectivity index (χ0n) is 19.0. The van der Waals surface area contributed by atoms with Gasteiger partial charge in [-0.05, 0) is 53.3 Å². The summed E-state index contributed by atoms with van der Waals surface area (Å²) < 4.78 is 6.06. The lowest BCUT2D eigenvalue weighted by Crippen LogP contribution is -2.48. The highest BCUT2D eigenvalue weighted by atomic mass is 35.6. The van der Waals surface area contributed by atoms with Crippen molar-refractivity contribution >= 4 is 38.3 Å². The Balaban J connectivity index is 0. The Morgan fingerprint density at radius 2 is 1.14 bits per heavy atom. The average Bonchev–Trinajstić information content (AvgIpc) is 2.25. The van der Waals surface area contributed by atoms with Crippen LogP contribution in [-0.2, 0) is 14.0 Å². The Morgan fingerprint density at radius 1 is 0.857 bits per heavy atom. The first-order valence-electron chi connectivity index (χ1n) is 9.85. The van der Waals surface area contributed by atoms with E-state index in [1.165, 1.54) is 0 Å². The third-order valence-corrected chi connectivity index (χ3v) is 5.59. The van der Waals surface area contributed by atoms with Gasteiger partial charge in [-0.2, -0.15) is 11.1 Å². The first-order chi connectivity index (χ1) is 11.7. The highest BCUT2D eigenvalue weighted by molar-refractivity contribution is 7.18. The summed E-state index contributed by atoms with van der Waals surface area (Å²) in [5.41, 5.74) is -0.744. The van der Waals surface area contributed by atoms with Crippen LogP contribution in [-0.4, -0.2) is 43.6 Å². The van der Waals surface area contributed by atoms with Crippen LogP contribution in [0.4, 0.5) is 0 Å². The number of carbonyl (C=O) groups excluding carboxylic acids is 2. The van der Waals surface area contributed by atoms with Crippen molar-refractivity contribution < 1.29 is 19.1 Å². The van der Waals surface area contributed by atoms with Crippen molar-refractivity contribution in [3.63, 3.8) is 0 Å². The third kappa shape index (κ3) is 14.0. The summed E-state index contributed by atoms with van der Waals surface area (Å²) >= 11 is 5.67. The monoisotopic (exact) mass is 452 g/mol. The van der Waals surface area contributed by atoms with Crippen LogP contribution in [0.15, 0.2) is 0 Å². The van der Waals surface area contributed by atoms with Crippen LogP contribution in [0.3, 0.4) is 0 Å². The van der Waals surface area contributed by atoms with Crippen LogP contribution in [0.1, 0.15) is 60.8 Å². The van der Waals surface area contributed by atoms with Crippen molar-refractivity contribution in [2.24, 2.45) is 11.8 Å². The van der Waals surface area contributed by atoms with E-state index in [1.807, 2.05) is 0 Å². The van der Waals surface area contributed by atoms with Gasteiger partial charge in [-0.3, -0.25) is 9.59 Å². The van der Waals surface area contributed by atoms with Crippen molar-refractivity contribution in [2.75, 3.05) is 0 Å². The lowest BCUT2D eigenvalue weighted by Gasteiger charge is -2.43. The second-order valence-electron chi connectivity index (χ2n) is 10.8. The van der Waals surface area contributed by atoms with Crippen molar-refractivity contribution in [3.05, 3.63) is 0 Å². The van der Waals surface area contributed by atoms with Gasteiger partial charge in [0.15, 0.2) is 8.32 Å². The zero-order chi connectivity index (χ0) is 21.8. The first-order valence-corrected chi connectivity index (χ1v) is 17.8. The van der Waals surface area contributed by atoms with E-state index in [-0.39, 0.29) is 24.7 Å². The van der Waals surface area contributed by atoms with Gasteiger partial charge in [-0.15, -0.1) is 0 Å². The number of rotatable bonds is 4. The summed E-state index contributed by atoms with van der Waals surface area (Å²) in [4.78, 5) is 21.3. The van der Waals surface area contributed by atoms with Gasteiger partial charge in [-0.25, -0.2) is 0 Å². The number of ketones is 2. The quantitative estimate of drug-likeness (QED) is 0.417. The molecule has 2 rings (SSSR count). The SMILES string of the molecule is C.CC(C)(O)C1CC(=O)C1.CC(C)(O[Si](C)(C)C)C1CC(=O)C1.C[Si](C)(C)Cl. The lowest BCUT2D eigenvalue weighted by atomic mass is 9.74. The van der Waals surface area contributed by atoms with Gasteiger partial charge in [-0.1, -0.05) is 27.1 Å². The van der Waals surface area contributed by atoms with Gasteiger partial charge in [0.1, 0.15) is 19.0 Å². The Hall–Kier alpha value is -0.0162. The summed E-state index contributed by atoms with van der Waals surface area (Å²) in [7, 11) is -2.61. The zero-order valence-corrected chi connectivity index (χ0v) is 21.8. The van der Waals surface area contributed by atoms with Gasteiger partial charge >= 0.3 is 0 Å². The van der Waals surface area contributed by atoms with Gasteiger partial charge in [0.05, 0.1) is 11.2 Å². The molecule has 0 aromatic carbocycles. The minimum absolute atomic E-state index is 0. The van der Waals surface area contributed by atoms with Gasteiger partial charge < -0.3 is 9.53 Å². The summed E-state index contributed by atoms with van der Waals surface area (Å²) in [5, 5.41) is 9.30.